The lowest BCUT2D eigenvalue weighted by Crippen LogP contribution is -2.16. The van der Waals surface area contributed by atoms with E-state index in [2.05, 4.69) is 5.32 Å². The molecule has 0 spiro atoms. The predicted molar refractivity (Wildman–Crippen MR) is 74.4 cm³/mol. The maximum atomic E-state index is 13.5. The van der Waals surface area contributed by atoms with Crippen molar-refractivity contribution in [3.63, 3.8) is 0 Å². The van der Waals surface area contributed by atoms with Gasteiger partial charge in [-0.1, -0.05) is 37.3 Å². The molecule has 0 unspecified atom stereocenters. The monoisotopic (exact) mass is 293 g/mol. The van der Waals surface area contributed by atoms with Crippen molar-refractivity contribution in [1.29, 1.82) is 0 Å². The highest BCUT2D eigenvalue weighted by Crippen LogP contribution is 2.22. The van der Waals surface area contributed by atoms with Crippen LogP contribution in [0.1, 0.15) is 24.8 Å². The maximum absolute atomic E-state index is 13.5. The second-order valence-electron chi connectivity index (χ2n) is 4.79. The topological polar surface area (TPSA) is 29.1 Å². The number of hydrogen-bond acceptors (Lipinski definition) is 1. The Labute approximate surface area is 120 Å². The van der Waals surface area contributed by atoms with E-state index in [0.29, 0.717) is 0 Å². The van der Waals surface area contributed by atoms with Gasteiger partial charge in [0.05, 0.1) is 5.69 Å². The number of benzene rings is 2. The quantitative estimate of drug-likeness (QED) is 0.839. The number of halogens is 3. The smallest absolute Gasteiger partial charge is 0.225 e. The SMILES string of the molecule is C[C@@H](CC(=O)Nc1ccc(F)c(F)c1F)c1ccccc1. The molecule has 0 aliphatic heterocycles. The Morgan fingerprint density at radius 1 is 1.05 bits per heavy atom. The Bertz CT molecular complexity index is 643. The van der Waals surface area contributed by atoms with Gasteiger partial charge >= 0.3 is 0 Å². The van der Waals surface area contributed by atoms with Gasteiger partial charge in [0.1, 0.15) is 0 Å². The van der Waals surface area contributed by atoms with Gasteiger partial charge in [-0.3, -0.25) is 4.79 Å². The number of hydrogen-bond donors (Lipinski definition) is 1. The first-order chi connectivity index (χ1) is 9.99. The van der Waals surface area contributed by atoms with Crippen molar-refractivity contribution < 1.29 is 18.0 Å². The van der Waals surface area contributed by atoms with Gasteiger partial charge in [0, 0.05) is 6.42 Å². The Morgan fingerprint density at radius 3 is 2.38 bits per heavy atom. The lowest BCUT2D eigenvalue weighted by molar-refractivity contribution is -0.116. The molecule has 1 amide bonds. The van der Waals surface area contributed by atoms with Crippen LogP contribution in [0, 0.1) is 17.5 Å². The van der Waals surface area contributed by atoms with E-state index < -0.39 is 23.4 Å². The van der Waals surface area contributed by atoms with Gasteiger partial charge in [-0.2, -0.15) is 0 Å². The standard InChI is InChI=1S/C16H14F3NO/c1-10(11-5-3-2-4-6-11)9-14(21)20-13-8-7-12(17)15(18)16(13)19/h2-8,10H,9H2,1H3,(H,20,21)/t10-/m0/s1. The van der Waals surface area contributed by atoms with Gasteiger partial charge in [-0.15, -0.1) is 0 Å². The van der Waals surface area contributed by atoms with Gasteiger partial charge in [0.25, 0.3) is 0 Å². The minimum absolute atomic E-state index is 0.0699. The van der Waals surface area contributed by atoms with Crippen LogP contribution in [0.15, 0.2) is 42.5 Å². The molecular weight excluding hydrogens is 279 g/mol. The minimum atomic E-state index is -1.59. The van der Waals surface area contributed by atoms with Crippen molar-refractivity contribution in [2.24, 2.45) is 0 Å². The van der Waals surface area contributed by atoms with Gasteiger partial charge in [-0.05, 0) is 23.6 Å². The molecule has 0 saturated carbocycles. The molecule has 0 aliphatic rings. The highest BCUT2D eigenvalue weighted by Gasteiger charge is 2.17. The molecule has 2 aromatic rings. The van der Waals surface area contributed by atoms with E-state index in [0.717, 1.165) is 17.7 Å². The van der Waals surface area contributed by atoms with Crippen LogP contribution in [-0.2, 0) is 4.79 Å². The van der Waals surface area contributed by atoms with Gasteiger partial charge in [0.2, 0.25) is 5.91 Å². The van der Waals surface area contributed by atoms with E-state index in [1.807, 2.05) is 37.3 Å². The fourth-order valence-corrected chi connectivity index (χ4v) is 2.00. The molecule has 2 rings (SSSR count). The number of rotatable bonds is 4. The Morgan fingerprint density at radius 2 is 1.71 bits per heavy atom. The van der Waals surface area contributed by atoms with Gasteiger partial charge in [0.15, 0.2) is 17.5 Å². The summed E-state index contributed by atoms with van der Waals surface area (Å²) in [6.07, 6.45) is 0.114. The molecule has 0 heterocycles. The molecule has 0 fully saturated rings. The third kappa shape index (κ3) is 3.62. The molecule has 0 aliphatic carbocycles. The van der Waals surface area contributed by atoms with Gasteiger partial charge in [-0.25, -0.2) is 13.2 Å². The number of anilines is 1. The molecule has 5 heteroatoms. The van der Waals surface area contributed by atoms with E-state index in [-0.39, 0.29) is 18.0 Å². The number of nitrogens with one attached hydrogen (secondary N) is 1. The largest absolute Gasteiger partial charge is 0.323 e. The molecule has 2 aromatic carbocycles. The van der Waals surface area contributed by atoms with Crippen LogP contribution in [0.5, 0.6) is 0 Å². The van der Waals surface area contributed by atoms with E-state index in [4.69, 9.17) is 0 Å². The minimum Gasteiger partial charge on any atom is -0.323 e. The second kappa shape index (κ2) is 6.43. The Balaban J connectivity index is 2.04. The third-order valence-electron chi connectivity index (χ3n) is 3.17. The van der Waals surface area contributed by atoms with Crippen molar-refractivity contribution in [2.75, 3.05) is 5.32 Å². The summed E-state index contributed by atoms with van der Waals surface area (Å²) in [4.78, 5) is 11.9. The number of carbonyl (C=O) groups is 1. The summed E-state index contributed by atoms with van der Waals surface area (Å²) >= 11 is 0. The van der Waals surface area contributed by atoms with Crippen LogP contribution < -0.4 is 5.32 Å². The molecule has 1 N–H and O–H groups in total. The van der Waals surface area contributed by atoms with Crippen LogP contribution in [0.25, 0.3) is 0 Å². The number of amides is 1. The highest BCUT2D eigenvalue weighted by molar-refractivity contribution is 5.91. The summed E-state index contributed by atoms with van der Waals surface area (Å²) in [6, 6.07) is 11.1. The average Bonchev–Trinajstić information content (AvgIpc) is 2.49. The highest BCUT2D eigenvalue weighted by atomic mass is 19.2. The van der Waals surface area contributed by atoms with E-state index in [1.54, 1.807) is 0 Å². The first-order valence-corrected chi connectivity index (χ1v) is 6.47. The maximum Gasteiger partial charge on any atom is 0.225 e. The average molecular weight is 293 g/mol. The van der Waals surface area contributed by atoms with Crippen molar-refractivity contribution in [3.8, 4) is 0 Å². The zero-order valence-electron chi connectivity index (χ0n) is 11.4. The lowest BCUT2D eigenvalue weighted by atomic mass is 9.97. The predicted octanol–water partition coefficient (Wildman–Crippen LogP) is 4.24. The summed E-state index contributed by atoms with van der Waals surface area (Å²) < 4.78 is 39.3. The summed E-state index contributed by atoms with van der Waals surface area (Å²) in [5.74, 6) is -4.81. The zero-order chi connectivity index (χ0) is 15.4. The summed E-state index contributed by atoms with van der Waals surface area (Å²) in [6.45, 7) is 1.86. The molecule has 2 nitrogen and oxygen atoms in total. The number of carbonyl (C=O) groups excluding carboxylic acids is 1. The third-order valence-corrected chi connectivity index (χ3v) is 3.17. The zero-order valence-corrected chi connectivity index (χ0v) is 11.4. The van der Waals surface area contributed by atoms with Crippen LogP contribution in [0.4, 0.5) is 18.9 Å². The summed E-state index contributed by atoms with van der Waals surface area (Å²) in [5, 5.41) is 2.26. The molecule has 0 bridgehead atoms. The fourth-order valence-electron chi connectivity index (χ4n) is 2.00. The molecule has 0 saturated heterocycles. The van der Waals surface area contributed by atoms with Crippen LogP contribution >= 0.6 is 0 Å². The Hall–Kier alpha value is -2.30. The lowest BCUT2D eigenvalue weighted by Gasteiger charge is -2.12. The molecular formula is C16H14F3NO. The van der Waals surface area contributed by atoms with Gasteiger partial charge < -0.3 is 5.32 Å². The molecule has 110 valence electrons. The molecule has 0 radical (unpaired) electrons. The van der Waals surface area contributed by atoms with E-state index >= 15 is 0 Å². The normalized spacial score (nSPS) is 12.0. The molecule has 1 atom stereocenters. The van der Waals surface area contributed by atoms with E-state index in [1.165, 1.54) is 0 Å². The fraction of sp³-hybridized carbons (Fsp3) is 0.188. The van der Waals surface area contributed by atoms with Crippen LogP contribution in [-0.4, -0.2) is 5.91 Å². The Kier molecular flexibility index (Phi) is 4.62. The van der Waals surface area contributed by atoms with Crippen LogP contribution in [0.3, 0.4) is 0 Å². The van der Waals surface area contributed by atoms with Crippen molar-refractivity contribution in [3.05, 3.63) is 65.5 Å². The molecule has 0 aromatic heterocycles. The van der Waals surface area contributed by atoms with Crippen molar-refractivity contribution >= 4 is 11.6 Å². The van der Waals surface area contributed by atoms with Crippen LogP contribution in [0.2, 0.25) is 0 Å². The second-order valence-corrected chi connectivity index (χ2v) is 4.79. The van der Waals surface area contributed by atoms with E-state index in [9.17, 15) is 18.0 Å². The van der Waals surface area contributed by atoms with Crippen molar-refractivity contribution in [2.45, 2.75) is 19.3 Å². The summed E-state index contributed by atoms with van der Waals surface area (Å²) in [5.41, 5.74) is 0.609. The summed E-state index contributed by atoms with van der Waals surface area (Å²) in [7, 11) is 0. The van der Waals surface area contributed by atoms with Crippen molar-refractivity contribution in [1.82, 2.24) is 0 Å². The first-order valence-electron chi connectivity index (χ1n) is 6.47. The molecule has 21 heavy (non-hydrogen) atoms. The first kappa shape index (κ1) is 15.1.